The molecule has 0 amide bonds. The summed E-state index contributed by atoms with van der Waals surface area (Å²) in [6.45, 7) is 0. The quantitative estimate of drug-likeness (QED) is 0.910. The summed E-state index contributed by atoms with van der Waals surface area (Å²) in [5.41, 5.74) is -0.858. The molecule has 1 fully saturated rings. The highest BCUT2D eigenvalue weighted by Crippen LogP contribution is 2.30. The Balaban J connectivity index is 2.22. The van der Waals surface area contributed by atoms with Gasteiger partial charge >= 0.3 is 6.18 Å². The molecule has 17 heavy (non-hydrogen) atoms. The highest BCUT2D eigenvalue weighted by Gasteiger charge is 2.31. The Hall–Kier alpha value is -1.08. The first kappa shape index (κ1) is 12.4. The maximum absolute atomic E-state index is 12.3. The lowest BCUT2D eigenvalue weighted by Crippen LogP contribution is -2.25. The van der Waals surface area contributed by atoms with Crippen LogP contribution >= 0.6 is 0 Å². The van der Waals surface area contributed by atoms with E-state index in [4.69, 9.17) is 0 Å². The monoisotopic (exact) mass is 265 g/mol. The molecule has 0 spiro atoms. The molecule has 1 aliphatic rings. The molecule has 0 atom stereocenters. The first-order valence-electron chi connectivity index (χ1n) is 4.99. The van der Waals surface area contributed by atoms with Crippen LogP contribution in [0.15, 0.2) is 29.2 Å². The van der Waals surface area contributed by atoms with Gasteiger partial charge < -0.3 is 0 Å². The molecular weight excluding hydrogens is 255 g/mol. The van der Waals surface area contributed by atoms with Crippen molar-refractivity contribution in [3.8, 4) is 0 Å². The SMILES string of the molecule is O=S(=O)(NC1CC1)c1ccc(C(F)(F)F)cc1. The third-order valence-electron chi connectivity index (χ3n) is 2.39. The van der Waals surface area contributed by atoms with Crippen molar-refractivity contribution >= 4 is 10.0 Å². The zero-order valence-corrected chi connectivity index (χ0v) is 9.48. The summed E-state index contributed by atoms with van der Waals surface area (Å²) < 4.78 is 62.5. The average molecular weight is 265 g/mol. The molecule has 0 saturated heterocycles. The number of hydrogen-bond donors (Lipinski definition) is 1. The highest BCUT2D eigenvalue weighted by atomic mass is 32.2. The molecule has 0 radical (unpaired) electrons. The standard InChI is InChI=1S/C10H10F3NO2S/c11-10(12,13)7-1-5-9(6-2-7)17(15,16)14-8-3-4-8/h1-2,5-6,8,14H,3-4H2. The van der Waals surface area contributed by atoms with Gasteiger partial charge in [-0.15, -0.1) is 0 Å². The van der Waals surface area contributed by atoms with Crippen LogP contribution in [0.2, 0.25) is 0 Å². The fraction of sp³-hybridized carbons (Fsp3) is 0.400. The summed E-state index contributed by atoms with van der Waals surface area (Å²) in [6.07, 6.45) is -2.90. The van der Waals surface area contributed by atoms with Crippen molar-refractivity contribution in [3.05, 3.63) is 29.8 Å². The van der Waals surface area contributed by atoms with Crippen molar-refractivity contribution < 1.29 is 21.6 Å². The van der Waals surface area contributed by atoms with E-state index in [2.05, 4.69) is 4.72 Å². The van der Waals surface area contributed by atoms with Crippen LogP contribution in [0, 0.1) is 0 Å². The van der Waals surface area contributed by atoms with E-state index in [1.54, 1.807) is 0 Å². The van der Waals surface area contributed by atoms with Crippen molar-refractivity contribution in [3.63, 3.8) is 0 Å². The highest BCUT2D eigenvalue weighted by molar-refractivity contribution is 7.89. The van der Waals surface area contributed by atoms with Crippen LogP contribution in [0.25, 0.3) is 0 Å². The number of sulfonamides is 1. The average Bonchev–Trinajstić information content (AvgIpc) is 3.00. The van der Waals surface area contributed by atoms with Gasteiger partial charge in [0.05, 0.1) is 10.5 Å². The molecule has 3 nitrogen and oxygen atoms in total. The minimum Gasteiger partial charge on any atom is -0.208 e. The van der Waals surface area contributed by atoms with Crippen LogP contribution in [0.4, 0.5) is 13.2 Å². The van der Waals surface area contributed by atoms with E-state index in [0.717, 1.165) is 37.1 Å². The number of alkyl halides is 3. The summed E-state index contributed by atoms with van der Waals surface area (Å²) in [4.78, 5) is -0.141. The van der Waals surface area contributed by atoms with Crippen LogP contribution in [0.3, 0.4) is 0 Å². The maximum atomic E-state index is 12.3. The van der Waals surface area contributed by atoms with Crippen LogP contribution < -0.4 is 4.72 Å². The van der Waals surface area contributed by atoms with Gasteiger partial charge in [-0.3, -0.25) is 0 Å². The van der Waals surface area contributed by atoms with Crippen molar-refractivity contribution in [2.45, 2.75) is 30.0 Å². The Labute approximate surface area is 96.7 Å². The summed E-state index contributed by atoms with van der Waals surface area (Å²) >= 11 is 0. The topological polar surface area (TPSA) is 46.2 Å². The van der Waals surface area contributed by atoms with Crippen molar-refractivity contribution in [1.82, 2.24) is 4.72 Å². The number of benzene rings is 1. The summed E-state index contributed by atoms with van der Waals surface area (Å²) in [6, 6.07) is 3.39. The van der Waals surface area contributed by atoms with E-state index >= 15 is 0 Å². The number of halogens is 3. The van der Waals surface area contributed by atoms with E-state index in [9.17, 15) is 21.6 Å². The van der Waals surface area contributed by atoms with Crippen LogP contribution in [-0.2, 0) is 16.2 Å². The number of rotatable bonds is 3. The number of nitrogens with one attached hydrogen (secondary N) is 1. The Morgan fingerprint density at radius 3 is 2.06 bits per heavy atom. The predicted molar refractivity (Wildman–Crippen MR) is 54.8 cm³/mol. The zero-order valence-electron chi connectivity index (χ0n) is 8.66. The van der Waals surface area contributed by atoms with Gasteiger partial charge in [0.15, 0.2) is 0 Å². The lowest BCUT2D eigenvalue weighted by atomic mass is 10.2. The maximum Gasteiger partial charge on any atom is 0.416 e. The second-order valence-electron chi connectivity index (χ2n) is 3.92. The zero-order chi connectivity index (χ0) is 12.7. The van der Waals surface area contributed by atoms with Gasteiger partial charge in [0.1, 0.15) is 0 Å². The minimum absolute atomic E-state index is 0.0673. The molecule has 1 aromatic carbocycles. The lowest BCUT2D eigenvalue weighted by molar-refractivity contribution is -0.137. The molecule has 0 aliphatic heterocycles. The minimum atomic E-state index is -4.45. The molecular formula is C10H10F3NO2S. The molecule has 0 bridgehead atoms. The second kappa shape index (κ2) is 3.99. The normalized spacial score (nSPS) is 17.1. The van der Waals surface area contributed by atoms with Gasteiger partial charge in [0, 0.05) is 6.04 Å². The molecule has 0 unspecified atom stereocenters. The molecule has 0 heterocycles. The lowest BCUT2D eigenvalue weighted by Gasteiger charge is -2.08. The van der Waals surface area contributed by atoms with Gasteiger partial charge in [-0.1, -0.05) is 0 Å². The molecule has 1 N–H and O–H groups in total. The Kier molecular flexibility index (Phi) is 2.90. The third-order valence-corrected chi connectivity index (χ3v) is 3.93. The van der Waals surface area contributed by atoms with Crippen molar-refractivity contribution in [2.75, 3.05) is 0 Å². The van der Waals surface area contributed by atoms with E-state index in [0.29, 0.717) is 0 Å². The Bertz CT molecular complexity index is 503. The summed E-state index contributed by atoms with van der Waals surface area (Å²) in [5, 5.41) is 0. The molecule has 0 aromatic heterocycles. The van der Waals surface area contributed by atoms with E-state index < -0.39 is 21.8 Å². The summed E-state index contributed by atoms with van der Waals surface area (Å²) in [7, 11) is -3.68. The first-order valence-corrected chi connectivity index (χ1v) is 6.47. The smallest absolute Gasteiger partial charge is 0.208 e. The van der Waals surface area contributed by atoms with Gasteiger partial charge in [0.25, 0.3) is 0 Å². The number of hydrogen-bond acceptors (Lipinski definition) is 2. The molecule has 94 valence electrons. The van der Waals surface area contributed by atoms with E-state index in [1.165, 1.54) is 0 Å². The van der Waals surface area contributed by atoms with Crippen LogP contribution in [-0.4, -0.2) is 14.5 Å². The van der Waals surface area contributed by atoms with Crippen LogP contribution in [0.5, 0.6) is 0 Å². The molecule has 1 aliphatic carbocycles. The molecule has 1 saturated carbocycles. The van der Waals surface area contributed by atoms with Crippen molar-refractivity contribution in [2.24, 2.45) is 0 Å². The molecule has 1 aromatic rings. The fourth-order valence-electron chi connectivity index (χ4n) is 1.31. The third kappa shape index (κ3) is 2.98. The van der Waals surface area contributed by atoms with E-state index in [1.807, 2.05) is 0 Å². The predicted octanol–water partition coefficient (Wildman–Crippen LogP) is 2.15. The van der Waals surface area contributed by atoms with Crippen molar-refractivity contribution in [1.29, 1.82) is 0 Å². The largest absolute Gasteiger partial charge is 0.416 e. The van der Waals surface area contributed by atoms with Gasteiger partial charge in [-0.05, 0) is 37.1 Å². The van der Waals surface area contributed by atoms with Gasteiger partial charge in [-0.25, -0.2) is 13.1 Å². The van der Waals surface area contributed by atoms with Crippen LogP contribution in [0.1, 0.15) is 18.4 Å². The first-order chi connectivity index (χ1) is 7.79. The summed E-state index contributed by atoms with van der Waals surface area (Å²) in [5.74, 6) is 0. The van der Waals surface area contributed by atoms with Gasteiger partial charge in [-0.2, -0.15) is 13.2 Å². The van der Waals surface area contributed by atoms with Gasteiger partial charge in [0.2, 0.25) is 10.0 Å². The molecule has 7 heteroatoms. The fourth-order valence-corrected chi connectivity index (χ4v) is 2.62. The van der Waals surface area contributed by atoms with E-state index in [-0.39, 0.29) is 10.9 Å². The Morgan fingerprint density at radius 2 is 1.65 bits per heavy atom. The Morgan fingerprint density at radius 1 is 1.12 bits per heavy atom. The second-order valence-corrected chi connectivity index (χ2v) is 5.63. The molecule has 2 rings (SSSR count).